The summed E-state index contributed by atoms with van der Waals surface area (Å²) in [7, 11) is -3.77. The van der Waals surface area contributed by atoms with E-state index in [0.717, 1.165) is 11.1 Å². The Kier molecular flexibility index (Phi) is 7.02. The Morgan fingerprint density at radius 1 is 0.931 bits per heavy atom. The van der Waals surface area contributed by atoms with Gasteiger partial charge in [-0.05, 0) is 55.2 Å². The van der Waals surface area contributed by atoms with Gasteiger partial charge in [-0.1, -0.05) is 32.0 Å². The molecule has 2 amide bonds. The molecule has 0 saturated heterocycles. The van der Waals surface area contributed by atoms with Crippen LogP contribution in [-0.2, 0) is 19.6 Å². The van der Waals surface area contributed by atoms with Crippen LogP contribution in [0.25, 0.3) is 0 Å². The molecule has 0 heterocycles. The first-order valence-electron chi connectivity index (χ1n) is 9.28. The summed E-state index contributed by atoms with van der Waals surface area (Å²) in [5.74, 6) is -0.752. The molecule has 0 aliphatic heterocycles. The fraction of sp³-hybridized carbons (Fsp3) is 0.333. The first kappa shape index (κ1) is 22.4. The molecule has 3 N–H and O–H groups in total. The van der Waals surface area contributed by atoms with E-state index in [0.29, 0.717) is 11.4 Å². The first-order chi connectivity index (χ1) is 13.5. The number of carbonyl (C=O) groups is 2. The van der Waals surface area contributed by atoms with E-state index in [4.69, 9.17) is 0 Å². The zero-order valence-corrected chi connectivity index (χ0v) is 18.1. The van der Waals surface area contributed by atoms with E-state index >= 15 is 0 Å². The Morgan fingerprint density at radius 2 is 1.48 bits per heavy atom. The quantitative estimate of drug-likeness (QED) is 0.643. The minimum Gasteiger partial charge on any atom is -0.344 e. The van der Waals surface area contributed by atoms with Crippen molar-refractivity contribution in [3.63, 3.8) is 0 Å². The van der Waals surface area contributed by atoms with Crippen LogP contribution in [0.3, 0.4) is 0 Å². The number of anilines is 2. The molecule has 0 bridgehead atoms. The number of aryl methyl sites for hydroxylation is 2. The van der Waals surface area contributed by atoms with Crippen LogP contribution in [0.1, 0.15) is 31.9 Å². The molecule has 29 heavy (non-hydrogen) atoms. The topological polar surface area (TPSA) is 104 Å². The van der Waals surface area contributed by atoms with Gasteiger partial charge >= 0.3 is 0 Å². The van der Waals surface area contributed by atoms with E-state index in [1.54, 1.807) is 0 Å². The Bertz CT molecular complexity index is 979. The van der Waals surface area contributed by atoms with Crippen molar-refractivity contribution in [2.75, 3.05) is 10.0 Å². The van der Waals surface area contributed by atoms with Gasteiger partial charge in [0.2, 0.25) is 11.8 Å². The Labute approximate surface area is 172 Å². The largest absolute Gasteiger partial charge is 0.344 e. The lowest BCUT2D eigenvalue weighted by atomic mass is 10.0. The van der Waals surface area contributed by atoms with E-state index in [1.165, 1.54) is 31.2 Å². The third-order valence-corrected chi connectivity index (χ3v) is 5.82. The van der Waals surface area contributed by atoms with Crippen molar-refractivity contribution >= 4 is 33.2 Å². The fourth-order valence-electron chi connectivity index (χ4n) is 2.86. The van der Waals surface area contributed by atoms with Crippen molar-refractivity contribution < 1.29 is 18.0 Å². The second-order valence-electron chi connectivity index (χ2n) is 7.31. The summed E-state index contributed by atoms with van der Waals surface area (Å²) in [5.41, 5.74) is 2.65. The molecule has 8 heteroatoms. The minimum atomic E-state index is -3.77. The van der Waals surface area contributed by atoms with Crippen LogP contribution in [0.4, 0.5) is 11.4 Å². The van der Waals surface area contributed by atoms with Crippen molar-refractivity contribution in [1.82, 2.24) is 5.32 Å². The number of carbonyl (C=O) groups excluding carboxylic acids is 2. The SMILES string of the molecule is CC(=O)NC(C(=O)Nc1ccc(S(=O)(=O)Nc2c(C)cccc2C)cc1)C(C)C. The summed E-state index contributed by atoms with van der Waals surface area (Å²) in [6.07, 6.45) is 0. The maximum Gasteiger partial charge on any atom is 0.261 e. The zero-order chi connectivity index (χ0) is 21.8. The highest BCUT2D eigenvalue weighted by Gasteiger charge is 2.23. The summed E-state index contributed by atoms with van der Waals surface area (Å²) in [6, 6.07) is 10.7. The van der Waals surface area contributed by atoms with Crippen molar-refractivity contribution in [1.29, 1.82) is 0 Å². The van der Waals surface area contributed by atoms with Crippen LogP contribution in [-0.4, -0.2) is 26.3 Å². The van der Waals surface area contributed by atoms with E-state index in [2.05, 4.69) is 15.4 Å². The predicted octanol–water partition coefficient (Wildman–Crippen LogP) is 3.20. The van der Waals surface area contributed by atoms with Crippen molar-refractivity contribution in [2.24, 2.45) is 5.92 Å². The van der Waals surface area contributed by atoms with Gasteiger partial charge in [0, 0.05) is 12.6 Å². The molecular formula is C21H27N3O4S. The van der Waals surface area contributed by atoms with Crippen molar-refractivity contribution in [3.05, 3.63) is 53.6 Å². The van der Waals surface area contributed by atoms with Gasteiger partial charge in [0.25, 0.3) is 10.0 Å². The van der Waals surface area contributed by atoms with Gasteiger partial charge in [0.1, 0.15) is 6.04 Å². The number of nitrogens with one attached hydrogen (secondary N) is 3. The lowest BCUT2D eigenvalue weighted by Gasteiger charge is -2.21. The number of rotatable bonds is 7. The Hall–Kier alpha value is -2.87. The maximum absolute atomic E-state index is 12.7. The molecule has 0 aromatic heterocycles. The van der Waals surface area contributed by atoms with Crippen LogP contribution in [0.5, 0.6) is 0 Å². The average molecular weight is 418 g/mol. The third-order valence-electron chi connectivity index (χ3n) is 4.46. The number of benzene rings is 2. The third kappa shape index (κ3) is 5.80. The molecule has 0 saturated carbocycles. The fourth-order valence-corrected chi connectivity index (χ4v) is 4.06. The van der Waals surface area contributed by atoms with Gasteiger partial charge < -0.3 is 10.6 Å². The van der Waals surface area contributed by atoms with Crippen LogP contribution < -0.4 is 15.4 Å². The number of hydrogen-bond donors (Lipinski definition) is 3. The summed E-state index contributed by atoms with van der Waals surface area (Å²) >= 11 is 0. The lowest BCUT2D eigenvalue weighted by Crippen LogP contribution is -2.46. The molecule has 156 valence electrons. The smallest absolute Gasteiger partial charge is 0.261 e. The normalized spacial score (nSPS) is 12.3. The number of sulfonamides is 1. The number of hydrogen-bond acceptors (Lipinski definition) is 4. The molecule has 1 unspecified atom stereocenters. The van der Waals surface area contributed by atoms with Crippen molar-refractivity contribution in [2.45, 2.75) is 45.6 Å². The van der Waals surface area contributed by atoms with Crippen LogP contribution in [0.2, 0.25) is 0 Å². The van der Waals surface area contributed by atoms with Crippen LogP contribution >= 0.6 is 0 Å². The Balaban J connectivity index is 2.17. The average Bonchev–Trinajstić information content (AvgIpc) is 2.63. The van der Waals surface area contributed by atoms with Gasteiger partial charge in [0.05, 0.1) is 10.6 Å². The zero-order valence-electron chi connectivity index (χ0n) is 17.2. The standard InChI is InChI=1S/C21H27N3O4S/c1-13(2)19(22-16(5)25)21(26)23-17-9-11-18(12-10-17)29(27,28)24-20-14(3)7-6-8-15(20)4/h6-13,19,24H,1-5H3,(H,22,25)(H,23,26). The maximum atomic E-state index is 12.7. The molecule has 2 aromatic rings. The minimum absolute atomic E-state index is 0.0837. The molecule has 0 spiro atoms. The molecule has 0 aliphatic carbocycles. The summed E-state index contributed by atoms with van der Waals surface area (Å²) in [6.45, 7) is 8.68. The summed E-state index contributed by atoms with van der Waals surface area (Å²) in [4.78, 5) is 23.8. The highest BCUT2D eigenvalue weighted by molar-refractivity contribution is 7.92. The first-order valence-corrected chi connectivity index (χ1v) is 10.8. The van der Waals surface area contributed by atoms with E-state index in [9.17, 15) is 18.0 Å². The molecule has 0 fully saturated rings. The van der Waals surface area contributed by atoms with Gasteiger partial charge in [-0.3, -0.25) is 14.3 Å². The summed E-state index contributed by atoms with van der Waals surface area (Å²) < 4.78 is 28.0. The van der Waals surface area contributed by atoms with Gasteiger partial charge in [-0.15, -0.1) is 0 Å². The molecule has 2 aromatic carbocycles. The van der Waals surface area contributed by atoms with E-state index in [-0.39, 0.29) is 22.6 Å². The highest BCUT2D eigenvalue weighted by atomic mass is 32.2. The van der Waals surface area contributed by atoms with Gasteiger partial charge in [-0.2, -0.15) is 0 Å². The predicted molar refractivity (Wildman–Crippen MR) is 114 cm³/mol. The second-order valence-corrected chi connectivity index (χ2v) is 8.99. The van der Waals surface area contributed by atoms with Crippen LogP contribution in [0.15, 0.2) is 47.4 Å². The van der Waals surface area contributed by atoms with Crippen molar-refractivity contribution in [3.8, 4) is 0 Å². The van der Waals surface area contributed by atoms with Gasteiger partial charge in [-0.25, -0.2) is 8.42 Å². The number of para-hydroxylation sites is 1. The van der Waals surface area contributed by atoms with Gasteiger partial charge in [0.15, 0.2) is 0 Å². The highest BCUT2D eigenvalue weighted by Crippen LogP contribution is 2.24. The molecule has 0 radical (unpaired) electrons. The van der Waals surface area contributed by atoms with E-state index < -0.39 is 16.1 Å². The monoisotopic (exact) mass is 417 g/mol. The molecular weight excluding hydrogens is 390 g/mol. The second kappa shape index (κ2) is 9.09. The Morgan fingerprint density at radius 3 is 1.97 bits per heavy atom. The van der Waals surface area contributed by atoms with Crippen LogP contribution in [0, 0.1) is 19.8 Å². The molecule has 7 nitrogen and oxygen atoms in total. The molecule has 2 rings (SSSR count). The molecule has 0 aliphatic rings. The molecule has 1 atom stereocenters. The summed E-state index contributed by atoms with van der Waals surface area (Å²) in [5, 5.41) is 5.32. The lowest BCUT2D eigenvalue weighted by molar-refractivity contribution is -0.126. The van der Waals surface area contributed by atoms with E-state index in [1.807, 2.05) is 45.9 Å². The number of amides is 2.